The average Bonchev–Trinajstić information content (AvgIpc) is 3.17. The van der Waals surface area contributed by atoms with E-state index in [1.54, 1.807) is 0 Å². The van der Waals surface area contributed by atoms with Crippen molar-refractivity contribution in [3.63, 3.8) is 0 Å². The second-order valence-corrected chi connectivity index (χ2v) is 6.53. The largest absolute Gasteiger partial charge is 0.368 e. The highest BCUT2D eigenvalue weighted by molar-refractivity contribution is 7.10. The summed E-state index contributed by atoms with van der Waals surface area (Å²) in [5.74, 6) is 1.75. The molecule has 0 unspecified atom stereocenters. The molecule has 2 N–H and O–H groups in total. The van der Waals surface area contributed by atoms with Gasteiger partial charge in [0.1, 0.15) is 0 Å². The third kappa shape index (κ3) is 2.42. The minimum absolute atomic E-state index is 0.318. The van der Waals surface area contributed by atoms with E-state index in [4.69, 9.17) is 5.73 Å². The molecule has 1 fully saturated rings. The molecule has 110 valence electrons. The van der Waals surface area contributed by atoms with Gasteiger partial charge in [-0.05, 0) is 36.3 Å². The molecule has 0 saturated carbocycles. The lowest BCUT2D eigenvalue weighted by molar-refractivity contribution is 0.712. The molecule has 7 heteroatoms. The minimum Gasteiger partial charge on any atom is -0.368 e. The molecule has 0 amide bonds. The SMILES string of the molecule is Nc1nc(N2CCCC2)nc(N2CCc3sccc3C2)n1. The Morgan fingerprint density at radius 2 is 1.76 bits per heavy atom. The predicted octanol–water partition coefficient (Wildman–Crippen LogP) is 1.68. The van der Waals surface area contributed by atoms with Crippen LogP contribution in [0.1, 0.15) is 23.3 Å². The van der Waals surface area contributed by atoms with Crippen molar-refractivity contribution in [2.75, 3.05) is 35.2 Å². The maximum absolute atomic E-state index is 5.89. The minimum atomic E-state index is 0.318. The monoisotopic (exact) mass is 302 g/mol. The van der Waals surface area contributed by atoms with E-state index < -0.39 is 0 Å². The Bertz CT molecular complexity index is 649. The van der Waals surface area contributed by atoms with Crippen molar-refractivity contribution in [2.24, 2.45) is 0 Å². The second kappa shape index (κ2) is 5.14. The van der Waals surface area contributed by atoms with Crippen LogP contribution in [0.2, 0.25) is 0 Å². The van der Waals surface area contributed by atoms with Gasteiger partial charge in [-0.3, -0.25) is 0 Å². The summed E-state index contributed by atoms with van der Waals surface area (Å²) in [6.07, 6.45) is 3.45. The van der Waals surface area contributed by atoms with Crippen LogP contribution in [0.4, 0.5) is 17.8 Å². The van der Waals surface area contributed by atoms with Gasteiger partial charge in [0, 0.05) is 31.1 Å². The molecule has 0 radical (unpaired) electrons. The molecule has 0 aliphatic carbocycles. The number of aromatic nitrogens is 3. The van der Waals surface area contributed by atoms with Crippen molar-refractivity contribution in [1.82, 2.24) is 15.0 Å². The first-order valence-corrected chi connectivity index (χ1v) is 8.24. The number of hydrogen-bond acceptors (Lipinski definition) is 7. The van der Waals surface area contributed by atoms with E-state index in [2.05, 4.69) is 36.2 Å². The zero-order chi connectivity index (χ0) is 14.2. The number of hydrogen-bond donors (Lipinski definition) is 1. The fourth-order valence-electron chi connectivity index (χ4n) is 2.99. The smallest absolute Gasteiger partial charge is 0.232 e. The molecule has 1 saturated heterocycles. The van der Waals surface area contributed by atoms with E-state index in [9.17, 15) is 0 Å². The number of nitrogens with two attached hydrogens (primary N) is 1. The number of fused-ring (bicyclic) bond motifs is 1. The van der Waals surface area contributed by atoms with Gasteiger partial charge < -0.3 is 15.5 Å². The summed E-state index contributed by atoms with van der Waals surface area (Å²) in [4.78, 5) is 19.2. The predicted molar refractivity (Wildman–Crippen MR) is 84.8 cm³/mol. The molecule has 2 aromatic rings. The third-order valence-corrected chi connectivity index (χ3v) is 5.13. The van der Waals surface area contributed by atoms with Gasteiger partial charge in [0.05, 0.1) is 0 Å². The van der Waals surface area contributed by atoms with E-state index in [0.717, 1.165) is 38.5 Å². The van der Waals surface area contributed by atoms with E-state index >= 15 is 0 Å². The Labute approximate surface area is 127 Å². The van der Waals surface area contributed by atoms with Gasteiger partial charge >= 0.3 is 0 Å². The van der Waals surface area contributed by atoms with Crippen LogP contribution in [0.15, 0.2) is 11.4 Å². The van der Waals surface area contributed by atoms with Crippen LogP contribution in [0.25, 0.3) is 0 Å². The summed E-state index contributed by atoms with van der Waals surface area (Å²) >= 11 is 1.84. The van der Waals surface area contributed by atoms with Crippen LogP contribution in [0.3, 0.4) is 0 Å². The fourth-order valence-corrected chi connectivity index (χ4v) is 3.88. The van der Waals surface area contributed by atoms with E-state index in [0.29, 0.717) is 11.9 Å². The van der Waals surface area contributed by atoms with Crippen molar-refractivity contribution in [3.8, 4) is 0 Å². The molecule has 0 aromatic carbocycles. The molecule has 6 nitrogen and oxygen atoms in total. The number of thiophene rings is 1. The van der Waals surface area contributed by atoms with Crippen LogP contribution in [0.5, 0.6) is 0 Å². The summed E-state index contributed by atoms with van der Waals surface area (Å²) in [6, 6.07) is 2.19. The molecule has 21 heavy (non-hydrogen) atoms. The molecule has 4 rings (SSSR count). The highest BCUT2D eigenvalue weighted by Crippen LogP contribution is 2.27. The Balaban J connectivity index is 1.63. The molecule has 0 spiro atoms. The van der Waals surface area contributed by atoms with Gasteiger partial charge in [-0.1, -0.05) is 0 Å². The van der Waals surface area contributed by atoms with Gasteiger partial charge in [-0.15, -0.1) is 11.3 Å². The van der Waals surface area contributed by atoms with Crippen LogP contribution in [-0.2, 0) is 13.0 Å². The lowest BCUT2D eigenvalue weighted by Gasteiger charge is -2.27. The molecule has 0 bridgehead atoms. The first-order chi connectivity index (χ1) is 10.3. The highest BCUT2D eigenvalue weighted by atomic mass is 32.1. The van der Waals surface area contributed by atoms with Crippen molar-refractivity contribution >= 4 is 29.2 Å². The normalized spacial score (nSPS) is 18.1. The summed E-state index contributed by atoms with van der Waals surface area (Å²) in [5.41, 5.74) is 7.28. The maximum atomic E-state index is 5.89. The Morgan fingerprint density at radius 3 is 2.57 bits per heavy atom. The third-order valence-electron chi connectivity index (χ3n) is 4.11. The summed E-state index contributed by atoms with van der Waals surface area (Å²) in [6.45, 7) is 3.83. The number of nitrogens with zero attached hydrogens (tertiary/aromatic N) is 5. The molecular weight excluding hydrogens is 284 g/mol. The second-order valence-electron chi connectivity index (χ2n) is 5.53. The first kappa shape index (κ1) is 12.8. The zero-order valence-corrected chi connectivity index (χ0v) is 12.6. The van der Waals surface area contributed by atoms with Crippen LogP contribution < -0.4 is 15.5 Å². The standard InChI is InChI=1S/C14H18N6S/c15-12-16-13(19-5-1-2-6-19)18-14(17-12)20-7-3-11-10(9-20)4-8-21-11/h4,8H,1-3,5-7,9H2,(H2,15,16,17,18). The van der Waals surface area contributed by atoms with Crippen LogP contribution >= 0.6 is 11.3 Å². The van der Waals surface area contributed by atoms with E-state index in [-0.39, 0.29) is 0 Å². The molecule has 2 aliphatic heterocycles. The number of rotatable bonds is 2. The summed E-state index contributed by atoms with van der Waals surface area (Å²) in [5, 5.41) is 2.16. The first-order valence-electron chi connectivity index (χ1n) is 7.36. The van der Waals surface area contributed by atoms with E-state index in [1.165, 1.54) is 23.3 Å². The van der Waals surface area contributed by atoms with Crippen molar-refractivity contribution < 1.29 is 0 Å². The van der Waals surface area contributed by atoms with E-state index in [1.807, 2.05) is 11.3 Å². The average molecular weight is 302 g/mol. The molecule has 2 aliphatic rings. The van der Waals surface area contributed by atoms with Crippen molar-refractivity contribution in [3.05, 3.63) is 21.9 Å². The Morgan fingerprint density at radius 1 is 1.00 bits per heavy atom. The summed E-state index contributed by atoms with van der Waals surface area (Å²) in [7, 11) is 0. The topological polar surface area (TPSA) is 71.2 Å². The van der Waals surface area contributed by atoms with Gasteiger partial charge in [0.25, 0.3) is 0 Å². The quantitative estimate of drug-likeness (QED) is 0.910. The number of nitrogen functional groups attached to an aromatic ring is 1. The lowest BCUT2D eigenvalue weighted by Crippen LogP contribution is -2.32. The maximum Gasteiger partial charge on any atom is 0.232 e. The van der Waals surface area contributed by atoms with Gasteiger partial charge in [0.15, 0.2) is 0 Å². The molecular formula is C14H18N6S. The van der Waals surface area contributed by atoms with Crippen LogP contribution in [-0.4, -0.2) is 34.6 Å². The fraction of sp³-hybridized carbons (Fsp3) is 0.500. The number of anilines is 3. The Hall–Kier alpha value is -1.89. The summed E-state index contributed by atoms with van der Waals surface area (Å²) < 4.78 is 0. The lowest BCUT2D eigenvalue weighted by atomic mass is 10.1. The van der Waals surface area contributed by atoms with Gasteiger partial charge in [0.2, 0.25) is 17.8 Å². The molecule has 2 aromatic heterocycles. The molecule has 0 atom stereocenters. The Kier molecular flexibility index (Phi) is 3.14. The van der Waals surface area contributed by atoms with Crippen molar-refractivity contribution in [2.45, 2.75) is 25.8 Å². The van der Waals surface area contributed by atoms with Crippen LogP contribution in [0, 0.1) is 0 Å². The van der Waals surface area contributed by atoms with Gasteiger partial charge in [-0.2, -0.15) is 15.0 Å². The van der Waals surface area contributed by atoms with Crippen molar-refractivity contribution in [1.29, 1.82) is 0 Å². The van der Waals surface area contributed by atoms with Gasteiger partial charge in [-0.25, -0.2) is 0 Å². The molecule has 4 heterocycles. The zero-order valence-electron chi connectivity index (χ0n) is 11.8. The highest BCUT2D eigenvalue weighted by Gasteiger charge is 2.22.